The van der Waals surface area contributed by atoms with Crippen molar-refractivity contribution < 1.29 is 14.4 Å². The minimum atomic E-state index is -4.26. The lowest BCUT2D eigenvalue weighted by atomic mass is 10.1. The van der Waals surface area contributed by atoms with Gasteiger partial charge in [0.2, 0.25) is 0 Å². The second-order valence-electron chi connectivity index (χ2n) is 13.6. The van der Waals surface area contributed by atoms with E-state index < -0.39 is 7.60 Å². The van der Waals surface area contributed by atoms with E-state index in [4.69, 9.17) is 0 Å². The van der Waals surface area contributed by atoms with Crippen LogP contribution in [-0.4, -0.2) is 9.79 Å². The van der Waals surface area contributed by atoms with Gasteiger partial charge in [-0.1, -0.05) is 78.6 Å². The first-order valence-corrected chi connectivity index (χ1v) is 25.5. The summed E-state index contributed by atoms with van der Waals surface area (Å²) in [7, 11) is -4.26. The molecule has 0 atom stereocenters. The van der Waals surface area contributed by atoms with E-state index in [1.54, 1.807) is 17.4 Å². The fraction of sp³-hybridized carbons (Fsp3) is 0.429. The molecule has 0 spiro atoms. The molecule has 0 saturated carbocycles. The van der Waals surface area contributed by atoms with Crippen molar-refractivity contribution in [3.05, 3.63) is 76.7 Å². The highest BCUT2D eigenvalue weighted by molar-refractivity contribution is 7.67. The van der Waals surface area contributed by atoms with Crippen molar-refractivity contribution in [2.75, 3.05) is 0 Å². The molecule has 52 heavy (non-hydrogen) atoms. The zero-order chi connectivity index (χ0) is 36.5. The zero-order valence-corrected chi connectivity index (χ0v) is 36.4. The summed E-state index contributed by atoms with van der Waals surface area (Å²) in [6, 6.07) is 22.1. The maximum Gasteiger partial charge on any atom is 0.366 e. The van der Waals surface area contributed by atoms with Crippen LogP contribution in [0.15, 0.2) is 60.7 Å². The van der Waals surface area contributed by atoms with E-state index in [0.29, 0.717) is 0 Å². The van der Waals surface area contributed by atoms with Crippen molar-refractivity contribution in [2.24, 2.45) is 0 Å². The number of rotatable bonds is 21. The van der Waals surface area contributed by atoms with E-state index in [1.165, 1.54) is 143 Å². The zero-order valence-electron chi connectivity index (χ0n) is 30.6. The fourth-order valence-corrected chi connectivity index (χ4v) is 14.4. The molecule has 0 aromatic carbocycles. The number of hydrogen-bond acceptors (Lipinski definition) is 7. The van der Waals surface area contributed by atoms with Crippen LogP contribution in [0.3, 0.4) is 0 Å². The molecule has 0 fully saturated rings. The molecule has 0 aliphatic carbocycles. The number of unbranched alkanes of at least 4 members (excludes halogenated alkanes) is 9. The Kier molecular flexibility index (Phi) is 14.8. The first-order valence-electron chi connectivity index (χ1n) is 19.0. The fourth-order valence-electron chi connectivity index (χ4n) is 6.55. The van der Waals surface area contributed by atoms with Crippen LogP contribution in [0.25, 0.3) is 48.8 Å². The highest BCUT2D eigenvalue weighted by Gasteiger charge is 2.22. The van der Waals surface area contributed by atoms with Gasteiger partial charge >= 0.3 is 7.60 Å². The molecule has 3 nitrogen and oxygen atoms in total. The first-order chi connectivity index (χ1) is 25.3. The third kappa shape index (κ3) is 10.3. The molecule has 278 valence electrons. The van der Waals surface area contributed by atoms with Gasteiger partial charge in [-0.05, 0) is 110 Å². The van der Waals surface area contributed by atoms with Crippen LogP contribution in [0.1, 0.15) is 114 Å². The summed E-state index contributed by atoms with van der Waals surface area (Å²) in [5.41, 5.74) is 2.85. The second-order valence-corrected chi connectivity index (χ2v) is 22.0. The smallest absolute Gasteiger partial charge is 0.320 e. The van der Waals surface area contributed by atoms with Crippen molar-refractivity contribution in [1.82, 2.24) is 0 Å². The molecule has 0 aliphatic heterocycles. The molecule has 0 saturated heterocycles. The Balaban J connectivity index is 1.25. The summed E-state index contributed by atoms with van der Waals surface area (Å²) in [6.45, 7) is 6.81. The molecule has 6 heterocycles. The molecule has 0 aliphatic rings. The van der Waals surface area contributed by atoms with Gasteiger partial charge in [-0.15, -0.1) is 68.0 Å². The summed E-state index contributed by atoms with van der Waals surface area (Å²) in [6.07, 6.45) is 18.5. The molecule has 6 aromatic rings. The monoisotopic (exact) mass is 826 g/mol. The maximum absolute atomic E-state index is 11.9. The van der Waals surface area contributed by atoms with Crippen LogP contribution < -0.4 is 4.62 Å². The minimum Gasteiger partial charge on any atom is -0.320 e. The van der Waals surface area contributed by atoms with Gasteiger partial charge in [0, 0.05) is 53.6 Å². The predicted molar refractivity (Wildman–Crippen MR) is 236 cm³/mol. The van der Waals surface area contributed by atoms with Gasteiger partial charge < -0.3 is 9.79 Å². The number of thiophene rings is 6. The maximum atomic E-state index is 11.9. The van der Waals surface area contributed by atoms with Gasteiger partial charge in [-0.2, -0.15) is 0 Å². The van der Waals surface area contributed by atoms with Gasteiger partial charge in [-0.25, -0.2) is 0 Å². The third-order valence-electron chi connectivity index (χ3n) is 9.42. The summed E-state index contributed by atoms with van der Waals surface area (Å²) in [5.74, 6) is 0. The molecule has 10 heteroatoms. The van der Waals surface area contributed by atoms with Crippen molar-refractivity contribution in [3.8, 4) is 48.8 Å². The molecule has 0 amide bonds. The molecule has 0 bridgehead atoms. The van der Waals surface area contributed by atoms with Crippen LogP contribution in [0.5, 0.6) is 0 Å². The topological polar surface area (TPSA) is 57.5 Å². The lowest BCUT2D eigenvalue weighted by Crippen LogP contribution is -1.94. The summed E-state index contributed by atoms with van der Waals surface area (Å²) in [5, 5.41) is 0. The number of aryl methyl sites for hydroxylation is 3. The van der Waals surface area contributed by atoms with Crippen molar-refractivity contribution in [1.29, 1.82) is 0 Å². The Morgan fingerprint density at radius 2 is 0.865 bits per heavy atom. The van der Waals surface area contributed by atoms with Crippen LogP contribution in [-0.2, 0) is 23.8 Å². The molecule has 2 N–H and O–H groups in total. The third-order valence-corrected chi connectivity index (χ3v) is 18.6. The van der Waals surface area contributed by atoms with Crippen LogP contribution >= 0.6 is 75.6 Å². The van der Waals surface area contributed by atoms with Crippen LogP contribution in [0, 0.1) is 0 Å². The van der Waals surface area contributed by atoms with Crippen molar-refractivity contribution in [2.45, 2.75) is 117 Å². The number of hydrogen-bond donors (Lipinski definition) is 2. The van der Waals surface area contributed by atoms with Gasteiger partial charge in [0.1, 0.15) is 4.62 Å². The molecule has 6 aromatic heterocycles. The Hall–Kier alpha value is -1.65. The summed E-state index contributed by atoms with van der Waals surface area (Å²) >= 11 is 10.7. The van der Waals surface area contributed by atoms with Crippen molar-refractivity contribution >= 4 is 80.2 Å². The highest BCUT2D eigenvalue weighted by Crippen LogP contribution is 2.49. The second kappa shape index (κ2) is 19.3. The average molecular weight is 827 g/mol. The van der Waals surface area contributed by atoms with Gasteiger partial charge in [0.25, 0.3) is 0 Å². The molecule has 0 radical (unpaired) electrons. The van der Waals surface area contributed by atoms with E-state index in [0.717, 1.165) is 29.0 Å². The summed E-state index contributed by atoms with van der Waals surface area (Å²) in [4.78, 5) is 33.8. The molecular formula is C42H51O3PS6. The Morgan fingerprint density at radius 1 is 0.442 bits per heavy atom. The molecule has 6 rings (SSSR count). The lowest BCUT2D eigenvalue weighted by Gasteiger charge is -2.02. The van der Waals surface area contributed by atoms with Gasteiger partial charge in [0.05, 0.1) is 0 Å². The Labute approximate surface area is 334 Å². The van der Waals surface area contributed by atoms with Crippen LogP contribution in [0.4, 0.5) is 0 Å². The average Bonchev–Trinajstić information content (AvgIpc) is 3.96. The van der Waals surface area contributed by atoms with Gasteiger partial charge in [-0.3, -0.25) is 4.57 Å². The highest BCUT2D eigenvalue weighted by atomic mass is 32.1. The predicted octanol–water partition coefficient (Wildman–Crippen LogP) is 15.6. The molecular weight excluding hydrogens is 776 g/mol. The Bertz CT molecular complexity index is 2050. The first kappa shape index (κ1) is 40.0. The van der Waals surface area contributed by atoms with E-state index in [-0.39, 0.29) is 4.62 Å². The SMILES string of the molecule is CCCCCCc1ccc(-c2cc(CCCCCC)c(-c3ccc(-c4ccc(-c5sc(-c6ccc(P(=O)(O)O)s6)cc5CCCCCC)s4)s3)s2)s1. The minimum absolute atomic E-state index is 0.133. The van der Waals surface area contributed by atoms with Crippen LogP contribution in [0.2, 0.25) is 0 Å². The largest absolute Gasteiger partial charge is 0.366 e. The van der Waals surface area contributed by atoms with E-state index in [9.17, 15) is 14.4 Å². The normalized spacial score (nSPS) is 12.0. The quantitative estimate of drug-likeness (QED) is 0.0561. The van der Waals surface area contributed by atoms with E-state index in [2.05, 4.69) is 69.3 Å². The summed E-state index contributed by atoms with van der Waals surface area (Å²) < 4.78 is 12.1. The lowest BCUT2D eigenvalue weighted by molar-refractivity contribution is 0.388. The molecule has 0 unspecified atom stereocenters. The standard InChI is InChI=1S/C42H51O3PS6/c1-4-7-10-13-16-29-27-38(34-20-19-31(47-34)18-15-12-9-6-3)51-41(29)36-23-21-32(48-36)33-22-24-37(49-33)42-30(17-14-11-8-5-2)28-39(52-42)35-25-26-40(50-35)46(43,44)45/h19-28H,4-18H2,1-3H3,(H2,43,44,45). The van der Waals surface area contributed by atoms with Crippen molar-refractivity contribution in [3.63, 3.8) is 0 Å². The Morgan fingerprint density at radius 3 is 1.35 bits per heavy atom. The van der Waals surface area contributed by atoms with Gasteiger partial charge in [0.15, 0.2) is 0 Å². The van der Waals surface area contributed by atoms with E-state index >= 15 is 0 Å². The van der Waals surface area contributed by atoms with E-state index in [1.807, 2.05) is 51.4 Å².